The Morgan fingerprint density at radius 1 is 0.607 bits per heavy atom. The van der Waals surface area contributed by atoms with Gasteiger partial charge in [-0.1, -0.05) is 138 Å². The number of hydrogen-bond donors (Lipinski definition) is 16. The van der Waals surface area contributed by atoms with Crippen LogP contribution in [0.1, 0.15) is 163 Å². The Kier molecular flexibility index (Phi) is 33.6. The number of nitrogens with two attached hydrogens (primary N) is 1. The SMILES string of the molecule is CC(C)CC(=NCCCC[C@@H]1NC(=O)[C@H](Cc2c[nH]c3ccccc23)NC(=O)[C@H](Cc2ccc(O)cc2)NC(=O)[C@@H](NC(=O)[C@@H](Cc2ccccc2)NC(=O)[C@H](CCCCN)N=C(CC(C)C)C2=C(O)CC(C)(C)CC2=O)CSSC[C@@H](C(=O)N[C@H](C(=O)O)[C@@H](C)O)NC(=O)[C@H]([C@@H](C)O)NC1=O)C1=C(O)CC(C)(C)CC1=O. The number of carboxylic acid groups (broad SMARTS) is 1. The first-order chi connectivity index (χ1) is 52.9. The number of phenols is 1. The van der Waals surface area contributed by atoms with Crippen molar-refractivity contribution in [2.45, 2.75) is 232 Å². The van der Waals surface area contributed by atoms with Crippen molar-refractivity contribution in [1.29, 1.82) is 0 Å². The largest absolute Gasteiger partial charge is 0.511 e. The second kappa shape index (κ2) is 41.9. The van der Waals surface area contributed by atoms with Gasteiger partial charge in [0.15, 0.2) is 17.6 Å². The van der Waals surface area contributed by atoms with Crippen molar-refractivity contribution in [3.63, 3.8) is 0 Å². The molecule has 8 amide bonds. The summed E-state index contributed by atoms with van der Waals surface area (Å²) in [5.41, 5.74) is 7.91. The molecule has 31 heteroatoms. The van der Waals surface area contributed by atoms with Crippen LogP contribution in [-0.4, -0.2) is 203 Å². The number of allylic oxidation sites excluding steroid dienone is 4. The van der Waals surface area contributed by atoms with E-state index in [0.717, 1.165) is 28.5 Å². The van der Waals surface area contributed by atoms with Crippen molar-refractivity contribution in [1.82, 2.24) is 47.5 Å². The van der Waals surface area contributed by atoms with Crippen molar-refractivity contribution in [3.05, 3.63) is 124 Å². The van der Waals surface area contributed by atoms with Crippen LogP contribution in [-0.2, 0) is 72.0 Å². The number of aliphatic carboxylic acids is 1. The van der Waals surface area contributed by atoms with Gasteiger partial charge in [0, 0.05) is 85.8 Å². The van der Waals surface area contributed by atoms with E-state index in [1.165, 1.54) is 31.2 Å². The molecule has 112 heavy (non-hydrogen) atoms. The van der Waals surface area contributed by atoms with E-state index in [2.05, 4.69) is 47.5 Å². The van der Waals surface area contributed by atoms with Crippen molar-refractivity contribution < 1.29 is 83.4 Å². The van der Waals surface area contributed by atoms with Crippen LogP contribution in [0.2, 0.25) is 0 Å². The molecule has 610 valence electrons. The number of carbonyl (C=O) groups is 11. The molecule has 0 radical (unpaired) electrons. The number of nitrogens with zero attached hydrogens (tertiary/aromatic N) is 2. The predicted octanol–water partition coefficient (Wildman–Crippen LogP) is 6.07. The summed E-state index contributed by atoms with van der Waals surface area (Å²) < 4.78 is 0. The number of para-hydroxylation sites is 1. The number of carbonyl (C=O) groups excluding carboxylic acids is 10. The fourth-order valence-corrected chi connectivity index (χ4v) is 16.0. The molecule has 2 heterocycles. The molecular weight excluding hydrogens is 1480 g/mol. The molecule has 11 atom stereocenters. The van der Waals surface area contributed by atoms with E-state index in [-0.39, 0.29) is 148 Å². The van der Waals surface area contributed by atoms with Crippen molar-refractivity contribution >= 4 is 109 Å². The van der Waals surface area contributed by atoms with E-state index in [9.17, 15) is 54.6 Å². The minimum absolute atomic E-state index is 0.0290. The van der Waals surface area contributed by atoms with Gasteiger partial charge in [0.25, 0.3) is 0 Å². The molecule has 1 fully saturated rings. The summed E-state index contributed by atoms with van der Waals surface area (Å²) in [5, 5.41) is 87.1. The minimum atomic E-state index is -1.92. The zero-order chi connectivity index (χ0) is 82.3. The highest BCUT2D eigenvalue weighted by molar-refractivity contribution is 8.76. The number of aromatic nitrogens is 1. The smallest absolute Gasteiger partial charge is 0.328 e. The molecule has 0 spiro atoms. The monoisotopic (exact) mass is 1590 g/mol. The molecule has 17 N–H and O–H groups in total. The number of phenolic OH excluding ortho intramolecular Hbond substituents is 1. The summed E-state index contributed by atoms with van der Waals surface area (Å²) in [6, 6.07) is 6.69. The number of amides is 8. The first-order valence-electron chi connectivity index (χ1n) is 38.3. The predicted molar refractivity (Wildman–Crippen MR) is 430 cm³/mol. The van der Waals surface area contributed by atoms with Crippen LogP contribution >= 0.6 is 21.6 Å². The quantitative estimate of drug-likeness (QED) is 0.0154. The average molecular weight is 1590 g/mol. The van der Waals surface area contributed by atoms with Gasteiger partial charge >= 0.3 is 5.97 Å². The third-order valence-corrected chi connectivity index (χ3v) is 21.9. The molecular formula is C81H112N12O17S2. The summed E-state index contributed by atoms with van der Waals surface area (Å²) in [6.07, 6.45) is -0.0555. The van der Waals surface area contributed by atoms with Crippen LogP contribution in [0.15, 0.2) is 118 Å². The summed E-state index contributed by atoms with van der Waals surface area (Å²) in [7, 11) is 1.69. The molecule has 0 bridgehead atoms. The summed E-state index contributed by atoms with van der Waals surface area (Å²) in [4.78, 5) is 174. The lowest BCUT2D eigenvalue weighted by atomic mass is 9.75. The number of benzene rings is 3. The normalized spacial score (nSPS) is 22.2. The molecule has 7 rings (SSSR count). The lowest BCUT2D eigenvalue weighted by Gasteiger charge is -2.31. The highest BCUT2D eigenvalue weighted by Gasteiger charge is 2.41. The van der Waals surface area contributed by atoms with Gasteiger partial charge in [0.1, 0.15) is 65.6 Å². The number of nitrogens with one attached hydrogen (secondary N) is 9. The molecule has 1 aromatic heterocycles. The number of ketones is 2. The number of unbranched alkanes of at least 4 members (excludes halogenated alkanes) is 2. The van der Waals surface area contributed by atoms with Gasteiger partial charge in [0.05, 0.1) is 29.1 Å². The number of hydrogen-bond acceptors (Lipinski definition) is 21. The van der Waals surface area contributed by atoms with Gasteiger partial charge in [0.2, 0.25) is 47.3 Å². The third kappa shape index (κ3) is 26.9. The van der Waals surface area contributed by atoms with Gasteiger partial charge < -0.3 is 83.9 Å². The van der Waals surface area contributed by atoms with Crippen LogP contribution < -0.4 is 48.3 Å². The standard InChI is InChI=1S/C81H112N12O17S2/c1-44(2)32-56(67-63(97)37-80(7,8)38-64(67)98)83-31-19-17-25-55-72(102)92-69(46(5)94)78(108)91-62(77(107)93-70(47(6)95)79(109)110)43-112-111-42-61(76(106)88-59(35-49-26-28-51(96)29-27-49)73(103)89-60(75(105)86-55)36-50-41-84-53-23-15-14-22-52(50)53)90-74(104)58(34-48-20-12-11-13-21-48)87-71(101)54(24-16-18-30-82)85-57(33-45(3)4)68-65(99)39-81(9,10)40-66(68)100/h11-15,20-23,26-29,41,44-47,54-55,58-62,69-70,84,94-97,99H,16-19,24-25,30-40,42-43,82H2,1-10H3,(H,86,105)(H,87,101)(H,88,106)(H,89,103)(H,90,104)(H,91,108)(H,92,102)(H,93,107)(H,109,110)/t46-,47-,54+,55+,58-,59+,60+,61+,62+,69+,70+/m1/s1. The second-order valence-corrected chi connectivity index (χ2v) is 34.3. The zero-order valence-electron chi connectivity index (χ0n) is 65.5. The van der Waals surface area contributed by atoms with Gasteiger partial charge in [-0.2, -0.15) is 0 Å². The number of aromatic hydroxyl groups is 1. The van der Waals surface area contributed by atoms with E-state index in [4.69, 9.17) is 15.7 Å². The Bertz CT molecular complexity index is 4130. The van der Waals surface area contributed by atoms with Crippen molar-refractivity contribution in [2.24, 2.45) is 38.4 Å². The maximum Gasteiger partial charge on any atom is 0.328 e. The Morgan fingerprint density at radius 2 is 1.18 bits per heavy atom. The molecule has 3 aliphatic rings. The first kappa shape index (κ1) is 89.8. The molecule has 3 aromatic carbocycles. The molecule has 0 saturated carbocycles. The van der Waals surface area contributed by atoms with Gasteiger partial charge in [-0.3, -0.25) is 57.9 Å². The Balaban J connectivity index is 1.33. The number of H-pyrrole nitrogens is 1. The number of Topliss-reactive ketones (excluding diaryl/α,β-unsaturated/α-hetero) is 2. The molecule has 0 unspecified atom stereocenters. The van der Waals surface area contributed by atoms with Gasteiger partial charge in [-0.25, -0.2) is 4.79 Å². The fourth-order valence-electron chi connectivity index (χ4n) is 13.7. The van der Waals surface area contributed by atoms with E-state index < -0.39 is 142 Å². The Morgan fingerprint density at radius 3 is 1.78 bits per heavy atom. The van der Waals surface area contributed by atoms with Crippen molar-refractivity contribution in [3.8, 4) is 5.75 Å². The van der Waals surface area contributed by atoms with E-state index >= 15 is 28.8 Å². The maximum atomic E-state index is 15.6. The van der Waals surface area contributed by atoms with E-state index in [1.807, 2.05) is 55.4 Å². The average Bonchev–Trinajstić information content (AvgIpc) is 0.986. The number of aromatic amines is 1. The fraction of sp³-hybridized carbons (Fsp3) is 0.543. The number of aliphatic hydroxyl groups is 4. The lowest BCUT2D eigenvalue weighted by Crippen LogP contribution is -2.62. The lowest BCUT2D eigenvalue weighted by molar-refractivity contribution is -0.145. The van der Waals surface area contributed by atoms with Crippen LogP contribution in [0, 0.1) is 22.7 Å². The molecule has 4 aromatic rings. The summed E-state index contributed by atoms with van der Waals surface area (Å²) >= 11 is 0. The van der Waals surface area contributed by atoms with E-state index in [1.54, 1.807) is 60.8 Å². The first-order valence-corrected chi connectivity index (χ1v) is 40.8. The molecule has 1 saturated heterocycles. The Hall–Kier alpha value is -9.43. The summed E-state index contributed by atoms with van der Waals surface area (Å²) in [6.45, 7) is 17.8. The van der Waals surface area contributed by atoms with E-state index in [0.29, 0.717) is 52.6 Å². The highest BCUT2D eigenvalue weighted by atomic mass is 33.1. The number of fused-ring (bicyclic) bond motifs is 1. The van der Waals surface area contributed by atoms with Crippen LogP contribution in [0.4, 0.5) is 0 Å². The van der Waals surface area contributed by atoms with Crippen molar-refractivity contribution in [2.75, 3.05) is 24.6 Å². The third-order valence-electron chi connectivity index (χ3n) is 19.5. The van der Waals surface area contributed by atoms with Gasteiger partial charge in [-0.15, -0.1) is 0 Å². The van der Waals surface area contributed by atoms with Gasteiger partial charge in [-0.05, 0) is 129 Å². The summed E-state index contributed by atoms with van der Waals surface area (Å²) in [5.74, 6) is -11.5. The number of aliphatic imine (C=N–C) groups is 2. The van der Waals surface area contributed by atoms with Crippen LogP contribution in [0.5, 0.6) is 5.75 Å². The molecule has 29 nitrogen and oxygen atoms in total. The second-order valence-electron chi connectivity index (χ2n) is 31.8. The molecule has 1 aliphatic heterocycles. The molecule has 2 aliphatic carbocycles. The minimum Gasteiger partial charge on any atom is -0.511 e. The topological polar surface area (TPSA) is 472 Å². The number of carboxylic acids is 1. The highest BCUT2D eigenvalue weighted by Crippen LogP contribution is 2.39. The van der Waals surface area contributed by atoms with Crippen LogP contribution in [0.25, 0.3) is 10.9 Å². The Labute approximate surface area is 661 Å². The number of rotatable bonds is 31. The zero-order valence-corrected chi connectivity index (χ0v) is 67.1. The maximum absolute atomic E-state index is 15.6. The van der Waals surface area contributed by atoms with Crippen LogP contribution in [0.3, 0.4) is 0 Å². The number of aliphatic hydroxyl groups excluding tert-OH is 4.